The lowest BCUT2D eigenvalue weighted by Crippen LogP contribution is -2.13. The molecule has 122 valence electrons. The van der Waals surface area contributed by atoms with E-state index in [1.54, 1.807) is 6.07 Å². The molecule has 0 bridgehead atoms. The Labute approximate surface area is 131 Å². The molecule has 0 saturated carbocycles. The highest BCUT2D eigenvalue weighted by Crippen LogP contribution is 2.25. The van der Waals surface area contributed by atoms with Crippen molar-refractivity contribution in [1.82, 2.24) is 5.32 Å². The summed E-state index contributed by atoms with van der Waals surface area (Å²) in [5.41, 5.74) is 1.70. The number of aryl methyl sites for hydroxylation is 1. The Hall–Kier alpha value is -2.63. The van der Waals surface area contributed by atoms with Gasteiger partial charge in [0.15, 0.2) is 29.0 Å². The van der Waals surface area contributed by atoms with Crippen LogP contribution in [0.25, 0.3) is 0 Å². The molecular weight excluding hydrogens is 307 g/mol. The first kappa shape index (κ1) is 16.7. The van der Waals surface area contributed by atoms with Crippen molar-refractivity contribution >= 4 is 0 Å². The summed E-state index contributed by atoms with van der Waals surface area (Å²) >= 11 is 0. The van der Waals surface area contributed by atoms with Gasteiger partial charge >= 0.3 is 0 Å². The Morgan fingerprint density at radius 3 is 2.22 bits per heavy atom. The van der Waals surface area contributed by atoms with E-state index in [2.05, 4.69) is 11.9 Å². The molecule has 3 N–H and O–H groups in total. The molecule has 0 aliphatic rings. The van der Waals surface area contributed by atoms with Gasteiger partial charge in [-0.2, -0.15) is 0 Å². The largest absolute Gasteiger partial charge is 0.504 e. The van der Waals surface area contributed by atoms with Crippen LogP contribution in [0.3, 0.4) is 0 Å². The third-order valence-corrected chi connectivity index (χ3v) is 3.34. The van der Waals surface area contributed by atoms with E-state index in [4.69, 9.17) is 0 Å². The highest BCUT2D eigenvalue weighted by Gasteiger charge is 2.10. The van der Waals surface area contributed by atoms with E-state index >= 15 is 0 Å². The summed E-state index contributed by atoms with van der Waals surface area (Å²) in [7, 11) is 0. The number of allylic oxidation sites excluding steroid dienone is 1. The van der Waals surface area contributed by atoms with E-state index < -0.39 is 17.5 Å². The van der Waals surface area contributed by atoms with Crippen molar-refractivity contribution < 1.29 is 23.4 Å². The average molecular weight is 323 g/mol. The van der Waals surface area contributed by atoms with Gasteiger partial charge in [-0.15, -0.1) is 0 Å². The number of rotatable bonds is 6. The fourth-order valence-corrected chi connectivity index (χ4v) is 2.05. The number of hydrogen-bond acceptors (Lipinski definition) is 3. The van der Waals surface area contributed by atoms with Crippen molar-refractivity contribution in [1.29, 1.82) is 0 Å². The molecule has 0 atom stereocenters. The van der Waals surface area contributed by atoms with Crippen LogP contribution >= 0.6 is 0 Å². The zero-order chi connectivity index (χ0) is 17.0. The van der Waals surface area contributed by atoms with Crippen molar-refractivity contribution in [3.63, 3.8) is 0 Å². The molecule has 0 unspecified atom stereocenters. The van der Waals surface area contributed by atoms with E-state index in [0.717, 1.165) is 17.7 Å². The van der Waals surface area contributed by atoms with Crippen molar-refractivity contribution in [3.8, 4) is 11.5 Å². The van der Waals surface area contributed by atoms with Crippen molar-refractivity contribution in [2.24, 2.45) is 0 Å². The summed E-state index contributed by atoms with van der Waals surface area (Å²) in [6.07, 6.45) is 1.09. The second kappa shape index (κ2) is 7.09. The van der Waals surface area contributed by atoms with Gasteiger partial charge < -0.3 is 15.5 Å². The number of nitrogens with one attached hydrogen (secondary N) is 1. The maximum absolute atomic E-state index is 13.1. The van der Waals surface area contributed by atoms with Crippen LogP contribution in [0.5, 0.6) is 11.5 Å². The van der Waals surface area contributed by atoms with E-state index in [1.165, 1.54) is 12.1 Å². The zero-order valence-electron chi connectivity index (χ0n) is 12.2. The van der Waals surface area contributed by atoms with Gasteiger partial charge in [-0.25, -0.2) is 13.2 Å². The molecule has 0 radical (unpaired) electrons. The highest BCUT2D eigenvalue weighted by molar-refractivity contribution is 5.40. The van der Waals surface area contributed by atoms with Crippen LogP contribution in [0.2, 0.25) is 0 Å². The second-order valence-corrected chi connectivity index (χ2v) is 5.15. The summed E-state index contributed by atoms with van der Waals surface area (Å²) in [4.78, 5) is 0. The Bertz CT molecular complexity index is 709. The lowest BCUT2D eigenvalue weighted by atomic mass is 10.1. The van der Waals surface area contributed by atoms with Gasteiger partial charge in [0.05, 0.1) is 0 Å². The Morgan fingerprint density at radius 1 is 0.957 bits per heavy atom. The Kier molecular flexibility index (Phi) is 5.16. The van der Waals surface area contributed by atoms with Crippen LogP contribution in [-0.4, -0.2) is 10.2 Å². The maximum Gasteiger partial charge on any atom is 0.194 e. The monoisotopic (exact) mass is 323 g/mol. The predicted molar refractivity (Wildman–Crippen MR) is 80.4 cm³/mol. The minimum absolute atomic E-state index is 0.119. The first-order chi connectivity index (χ1) is 10.9. The third-order valence-electron chi connectivity index (χ3n) is 3.34. The molecule has 0 heterocycles. The van der Waals surface area contributed by atoms with Crippen LogP contribution in [0.1, 0.15) is 17.5 Å². The van der Waals surface area contributed by atoms with Crippen LogP contribution < -0.4 is 5.32 Å². The Balaban J connectivity index is 1.86. The molecule has 0 saturated heterocycles. The molecule has 0 fully saturated rings. The molecule has 3 nitrogen and oxygen atoms in total. The standard InChI is InChI=1S/C17H16F3NO2/c1-10(2-3-11-4-5-15(22)16(23)8-11)21-9-12-6-13(18)17(20)14(19)7-12/h4-8,21-23H,1-3,9H2. The van der Waals surface area contributed by atoms with E-state index in [1.807, 2.05) is 0 Å². The molecule has 0 aliphatic heterocycles. The molecule has 23 heavy (non-hydrogen) atoms. The Morgan fingerprint density at radius 2 is 1.61 bits per heavy atom. The molecule has 0 amide bonds. The fraction of sp³-hybridized carbons (Fsp3) is 0.176. The molecule has 0 aromatic heterocycles. The van der Waals surface area contributed by atoms with Gasteiger partial charge in [-0.05, 0) is 48.2 Å². The van der Waals surface area contributed by atoms with Crippen LogP contribution in [0, 0.1) is 17.5 Å². The first-order valence-electron chi connectivity index (χ1n) is 6.92. The molecule has 2 aromatic rings. The fourth-order valence-electron chi connectivity index (χ4n) is 2.05. The van der Waals surface area contributed by atoms with Gasteiger partial charge in [0.2, 0.25) is 0 Å². The van der Waals surface area contributed by atoms with Crippen molar-refractivity contribution in [2.75, 3.05) is 0 Å². The van der Waals surface area contributed by atoms with Crippen LogP contribution in [0.4, 0.5) is 13.2 Å². The van der Waals surface area contributed by atoms with Crippen LogP contribution in [-0.2, 0) is 13.0 Å². The molecule has 0 aliphatic carbocycles. The van der Waals surface area contributed by atoms with Gasteiger partial charge in [0, 0.05) is 12.2 Å². The summed E-state index contributed by atoms with van der Waals surface area (Å²) in [6.45, 7) is 3.92. The normalized spacial score (nSPS) is 10.6. The van der Waals surface area contributed by atoms with Gasteiger partial charge in [-0.1, -0.05) is 12.6 Å². The number of phenolic OH excluding ortho intramolecular Hbond substituents is 2. The molecular formula is C17H16F3NO2. The lowest BCUT2D eigenvalue weighted by molar-refractivity contribution is 0.403. The van der Waals surface area contributed by atoms with Gasteiger partial charge in [0.25, 0.3) is 0 Å². The zero-order valence-corrected chi connectivity index (χ0v) is 12.2. The average Bonchev–Trinajstić information content (AvgIpc) is 2.51. The summed E-state index contributed by atoms with van der Waals surface area (Å²) < 4.78 is 39.0. The van der Waals surface area contributed by atoms with Gasteiger partial charge in [-0.3, -0.25) is 0 Å². The van der Waals surface area contributed by atoms with Crippen molar-refractivity contribution in [3.05, 3.63) is 71.2 Å². The molecule has 0 spiro atoms. The summed E-state index contributed by atoms with van der Waals surface area (Å²) in [5.74, 6) is -4.33. The topological polar surface area (TPSA) is 52.5 Å². The van der Waals surface area contributed by atoms with Crippen molar-refractivity contribution in [2.45, 2.75) is 19.4 Å². The summed E-state index contributed by atoms with van der Waals surface area (Å²) in [5, 5.41) is 21.5. The van der Waals surface area contributed by atoms with Crippen LogP contribution in [0.15, 0.2) is 42.6 Å². The number of aromatic hydroxyl groups is 2. The number of phenols is 2. The SMILES string of the molecule is C=C(CCc1ccc(O)c(O)c1)NCc1cc(F)c(F)c(F)c1. The minimum Gasteiger partial charge on any atom is -0.504 e. The molecule has 6 heteroatoms. The van der Waals surface area contributed by atoms with E-state index in [0.29, 0.717) is 18.5 Å². The number of halogens is 3. The third kappa shape index (κ3) is 4.42. The smallest absolute Gasteiger partial charge is 0.194 e. The van der Waals surface area contributed by atoms with E-state index in [9.17, 15) is 23.4 Å². The lowest BCUT2D eigenvalue weighted by Gasteiger charge is -2.11. The first-order valence-corrected chi connectivity index (χ1v) is 6.92. The predicted octanol–water partition coefficient (Wildman–Crippen LogP) is 3.75. The summed E-state index contributed by atoms with van der Waals surface area (Å²) in [6, 6.07) is 6.37. The second-order valence-electron chi connectivity index (χ2n) is 5.15. The molecule has 2 rings (SSSR count). The van der Waals surface area contributed by atoms with Gasteiger partial charge in [0.1, 0.15) is 0 Å². The number of benzene rings is 2. The minimum atomic E-state index is -1.49. The number of hydrogen-bond donors (Lipinski definition) is 3. The maximum atomic E-state index is 13.1. The molecule has 2 aromatic carbocycles. The van der Waals surface area contributed by atoms with E-state index in [-0.39, 0.29) is 23.6 Å². The quantitative estimate of drug-likeness (QED) is 0.560. The highest BCUT2D eigenvalue weighted by atomic mass is 19.2.